The highest BCUT2D eigenvalue weighted by atomic mass is 79.9. The number of hydrogen-bond acceptors (Lipinski definition) is 2. The lowest BCUT2D eigenvalue weighted by Gasteiger charge is -2.15. The molecule has 90 valence electrons. The van der Waals surface area contributed by atoms with E-state index in [-0.39, 0.29) is 11.9 Å². The molecule has 0 saturated heterocycles. The van der Waals surface area contributed by atoms with Crippen molar-refractivity contribution in [3.05, 3.63) is 55.9 Å². The number of thiophene rings is 1. The summed E-state index contributed by atoms with van der Waals surface area (Å²) in [6.45, 7) is 2.04. The van der Waals surface area contributed by atoms with Crippen molar-refractivity contribution in [2.24, 2.45) is 0 Å². The van der Waals surface area contributed by atoms with Crippen LogP contribution in [0.5, 0.6) is 0 Å². The molecule has 1 atom stereocenters. The minimum absolute atomic E-state index is 0.0915. The molecule has 1 aromatic heterocycles. The maximum atomic E-state index is 13.8. The second kappa shape index (κ2) is 5.29. The molecule has 0 bridgehead atoms. The standard InChI is InChI=1S/C13H13BrFNS/c1-8-7-11(17-13(8)14)12(16-2)9-5-3-4-6-10(9)15/h3-7,12,16H,1-2H3. The van der Waals surface area contributed by atoms with Gasteiger partial charge in [0.05, 0.1) is 9.83 Å². The summed E-state index contributed by atoms with van der Waals surface area (Å²) in [5.74, 6) is -0.172. The SMILES string of the molecule is CNC(c1cc(C)c(Br)s1)c1ccccc1F. The summed E-state index contributed by atoms with van der Waals surface area (Å²) in [6.07, 6.45) is 0. The quantitative estimate of drug-likeness (QED) is 0.892. The predicted molar refractivity (Wildman–Crippen MR) is 74.1 cm³/mol. The van der Waals surface area contributed by atoms with Crippen molar-refractivity contribution in [3.8, 4) is 0 Å². The van der Waals surface area contributed by atoms with Gasteiger partial charge in [-0.1, -0.05) is 18.2 Å². The Morgan fingerprint density at radius 3 is 2.59 bits per heavy atom. The first-order valence-corrected chi connectivity index (χ1v) is 6.92. The summed E-state index contributed by atoms with van der Waals surface area (Å²) in [5, 5.41) is 3.17. The smallest absolute Gasteiger partial charge is 0.128 e. The summed E-state index contributed by atoms with van der Waals surface area (Å²) < 4.78 is 14.9. The van der Waals surface area contributed by atoms with E-state index >= 15 is 0 Å². The van der Waals surface area contributed by atoms with Crippen molar-refractivity contribution in [2.75, 3.05) is 7.05 Å². The second-order valence-corrected chi connectivity index (χ2v) is 6.25. The zero-order chi connectivity index (χ0) is 12.4. The fraction of sp³-hybridized carbons (Fsp3) is 0.231. The summed E-state index contributed by atoms with van der Waals surface area (Å²) in [4.78, 5) is 1.11. The minimum atomic E-state index is -0.172. The molecule has 0 saturated carbocycles. The fourth-order valence-corrected chi connectivity index (χ4v) is 3.49. The summed E-state index contributed by atoms with van der Waals surface area (Å²) in [5.41, 5.74) is 1.87. The van der Waals surface area contributed by atoms with Crippen LogP contribution in [0.3, 0.4) is 0 Å². The summed E-state index contributed by atoms with van der Waals surface area (Å²) >= 11 is 5.14. The van der Waals surface area contributed by atoms with Crippen LogP contribution in [0, 0.1) is 12.7 Å². The van der Waals surface area contributed by atoms with Crippen LogP contribution >= 0.6 is 27.3 Å². The molecule has 0 aliphatic carbocycles. The number of aryl methyl sites for hydroxylation is 1. The van der Waals surface area contributed by atoms with E-state index in [1.54, 1.807) is 17.4 Å². The Bertz CT molecular complexity index is 504. The lowest BCUT2D eigenvalue weighted by atomic mass is 10.0. The number of benzene rings is 1. The van der Waals surface area contributed by atoms with Crippen molar-refractivity contribution in [1.82, 2.24) is 5.32 Å². The molecule has 0 aliphatic heterocycles. The average Bonchev–Trinajstić information content (AvgIpc) is 2.63. The Morgan fingerprint density at radius 1 is 1.35 bits per heavy atom. The Morgan fingerprint density at radius 2 is 2.06 bits per heavy atom. The molecule has 1 aromatic carbocycles. The van der Waals surface area contributed by atoms with Gasteiger partial charge in [-0.2, -0.15) is 0 Å². The van der Waals surface area contributed by atoms with Gasteiger partial charge in [0.15, 0.2) is 0 Å². The normalized spacial score (nSPS) is 12.7. The molecule has 1 heterocycles. The first kappa shape index (κ1) is 12.7. The van der Waals surface area contributed by atoms with Crippen molar-refractivity contribution < 1.29 is 4.39 Å². The Kier molecular flexibility index (Phi) is 3.97. The molecular weight excluding hydrogens is 301 g/mol. The van der Waals surface area contributed by atoms with Gasteiger partial charge >= 0.3 is 0 Å². The zero-order valence-electron chi connectivity index (χ0n) is 9.63. The van der Waals surface area contributed by atoms with Crippen molar-refractivity contribution >= 4 is 27.3 Å². The van der Waals surface area contributed by atoms with Crippen LogP contribution < -0.4 is 5.32 Å². The first-order valence-electron chi connectivity index (χ1n) is 5.31. The molecule has 4 heteroatoms. The zero-order valence-corrected chi connectivity index (χ0v) is 12.0. The fourth-order valence-electron chi connectivity index (χ4n) is 1.79. The van der Waals surface area contributed by atoms with Gasteiger partial charge in [-0.25, -0.2) is 4.39 Å². The van der Waals surface area contributed by atoms with Gasteiger partial charge in [-0.15, -0.1) is 11.3 Å². The number of rotatable bonds is 3. The second-order valence-electron chi connectivity index (χ2n) is 3.85. The monoisotopic (exact) mass is 313 g/mol. The van der Waals surface area contributed by atoms with E-state index in [9.17, 15) is 4.39 Å². The molecule has 1 unspecified atom stereocenters. The third kappa shape index (κ3) is 2.59. The lowest BCUT2D eigenvalue weighted by molar-refractivity contribution is 0.579. The molecule has 0 spiro atoms. The first-order chi connectivity index (χ1) is 8.13. The molecule has 0 aliphatic rings. The maximum absolute atomic E-state index is 13.8. The maximum Gasteiger partial charge on any atom is 0.128 e. The third-order valence-corrected chi connectivity index (χ3v) is 4.87. The largest absolute Gasteiger partial charge is 0.309 e. The van der Waals surface area contributed by atoms with E-state index in [4.69, 9.17) is 0 Å². The van der Waals surface area contributed by atoms with Gasteiger partial charge in [-0.3, -0.25) is 0 Å². The molecule has 2 rings (SSSR count). The van der Waals surface area contributed by atoms with E-state index in [1.807, 2.05) is 26.1 Å². The summed E-state index contributed by atoms with van der Waals surface area (Å²) in [6, 6.07) is 8.88. The molecule has 0 radical (unpaired) electrons. The van der Waals surface area contributed by atoms with Gasteiger partial charge in [0, 0.05) is 10.4 Å². The van der Waals surface area contributed by atoms with Crippen LogP contribution in [0.15, 0.2) is 34.1 Å². The lowest BCUT2D eigenvalue weighted by Crippen LogP contribution is -2.17. The van der Waals surface area contributed by atoms with Crippen molar-refractivity contribution in [2.45, 2.75) is 13.0 Å². The van der Waals surface area contributed by atoms with Crippen LogP contribution in [-0.2, 0) is 0 Å². The Balaban J connectivity index is 2.44. The molecule has 17 heavy (non-hydrogen) atoms. The molecule has 1 nitrogen and oxygen atoms in total. The van der Waals surface area contributed by atoms with Gasteiger partial charge in [-0.05, 0) is 47.6 Å². The minimum Gasteiger partial charge on any atom is -0.309 e. The van der Waals surface area contributed by atoms with Crippen molar-refractivity contribution in [3.63, 3.8) is 0 Å². The van der Waals surface area contributed by atoms with E-state index < -0.39 is 0 Å². The van der Waals surface area contributed by atoms with Crippen LogP contribution in [0.2, 0.25) is 0 Å². The number of halogens is 2. The van der Waals surface area contributed by atoms with Gasteiger partial charge in [0.25, 0.3) is 0 Å². The van der Waals surface area contributed by atoms with E-state index in [1.165, 1.54) is 11.6 Å². The Labute approximate surface area is 113 Å². The molecule has 0 amide bonds. The third-order valence-electron chi connectivity index (χ3n) is 2.67. The molecule has 2 aromatic rings. The van der Waals surface area contributed by atoms with Crippen LogP contribution in [0.1, 0.15) is 22.0 Å². The highest BCUT2D eigenvalue weighted by Crippen LogP contribution is 2.34. The molecule has 0 fully saturated rings. The molecule has 1 N–H and O–H groups in total. The number of nitrogens with one attached hydrogen (secondary N) is 1. The van der Waals surface area contributed by atoms with Crippen LogP contribution in [0.25, 0.3) is 0 Å². The average molecular weight is 314 g/mol. The number of hydrogen-bond donors (Lipinski definition) is 1. The van der Waals surface area contributed by atoms with Gasteiger partial charge < -0.3 is 5.32 Å². The topological polar surface area (TPSA) is 12.0 Å². The Hall–Kier alpha value is -0.710. The van der Waals surface area contributed by atoms with Crippen LogP contribution in [-0.4, -0.2) is 7.05 Å². The predicted octanol–water partition coefficient (Wildman–Crippen LogP) is 4.27. The van der Waals surface area contributed by atoms with Crippen molar-refractivity contribution in [1.29, 1.82) is 0 Å². The van der Waals surface area contributed by atoms with E-state index in [2.05, 4.69) is 27.3 Å². The van der Waals surface area contributed by atoms with Crippen LogP contribution in [0.4, 0.5) is 4.39 Å². The highest BCUT2D eigenvalue weighted by molar-refractivity contribution is 9.11. The van der Waals surface area contributed by atoms with Gasteiger partial charge in [0.1, 0.15) is 5.82 Å². The van der Waals surface area contributed by atoms with E-state index in [0.29, 0.717) is 5.56 Å². The molecular formula is C13H13BrFNS. The van der Waals surface area contributed by atoms with Gasteiger partial charge in [0.2, 0.25) is 0 Å². The van der Waals surface area contributed by atoms with E-state index in [0.717, 1.165) is 8.66 Å². The summed E-state index contributed by atoms with van der Waals surface area (Å²) in [7, 11) is 1.85. The highest BCUT2D eigenvalue weighted by Gasteiger charge is 2.18.